The lowest BCUT2D eigenvalue weighted by Crippen LogP contribution is -2.62. The van der Waals surface area contributed by atoms with Gasteiger partial charge in [0.2, 0.25) is 18.6 Å². The quantitative estimate of drug-likeness (QED) is 0.466. The third-order valence-corrected chi connectivity index (χ3v) is 7.56. The van der Waals surface area contributed by atoms with E-state index in [1.165, 1.54) is 0 Å². The summed E-state index contributed by atoms with van der Waals surface area (Å²) < 4.78 is 16.4. The third kappa shape index (κ3) is 3.43. The van der Waals surface area contributed by atoms with Gasteiger partial charge in [-0.15, -0.1) is 0 Å². The predicted molar refractivity (Wildman–Crippen MR) is 135 cm³/mol. The van der Waals surface area contributed by atoms with E-state index in [4.69, 9.17) is 14.2 Å². The van der Waals surface area contributed by atoms with Gasteiger partial charge in [0.25, 0.3) is 0 Å². The minimum Gasteiger partial charge on any atom is -0.497 e. The number of amides is 2. The van der Waals surface area contributed by atoms with Gasteiger partial charge in [-0.1, -0.05) is 36.4 Å². The molecule has 8 heteroatoms. The summed E-state index contributed by atoms with van der Waals surface area (Å²) in [7, 11) is 1.63. The first-order valence-electron chi connectivity index (χ1n) is 12.3. The van der Waals surface area contributed by atoms with Crippen LogP contribution in [0.25, 0.3) is 10.9 Å². The lowest BCUT2D eigenvalue weighted by atomic mass is 9.86. The van der Waals surface area contributed by atoms with Crippen LogP contribution < -0.4 is 14.2 Å². The van der Waals surface area contributed by atoms with Crippen LogP contribution in [0.1, 0.15) is 28.4 Å². The average molecular weight is 496 g/mol. The highest BCUT2D eigenvalue weighted by atomic mass is 16.7. The fourth-order valence-electron chi connectivity index (χ4n) is 5.87. The van der Waals surface area contributed by atoms with Gasteiger partial charge in [0.05, 0.1) is 13.2 Å². The Morgan fingerprint density at radius 3 is 2.76 bits per heavy atom. The zero-order valence-electron chi connectivity index (χ0n) is 20.3. The summed E-state index contributed by atoms with van der Waals surface area (Å²) in [6, 6.07) is 20.4. The molecule has 3 aliphatic rings. The Labute approximate surface area is 213 Å². The zero-order chi connectivity index (χ0) is 25.1. The number of hydrogen-bond donors (Lipinski definition) is 1. The fourth-order valence-corrected chi connectivity index (χ4v) is 5.87. The minimum atomic E-state index is -0.599. The SMILES string of the molecule is COc1cccc(C2c3[nH]c4ccccc4c3C[C@@H]3C(=O)N(Cc4ccc5c(c4)OCO5)CC(=O)N23)c1. The van der Waals surface area contributed by atoms with Gasteiger partial charge in [-0.3, -0.25) is 9.59 Å². The molecule has 1 saturated heterocycles. The third-order valence-electron chi connectivity index (χ3n) is 7.56. The lowest BCUT2D eigenvalue weighted by molar-refractivity contribution is -0.159. The van der Waals surface area contributed by atoms with Crippen LogP contribution in [-0.4, -0.2) is 53.1 Å². The number of aromatic nitrogens is 1. The summed E-state index contributed by atoms with van der Waals surface area (Å²) in [6.07, 6.45) is 0.460. The predicted octanol–water partition coefficient (Wildman–Crippen LogP) is 3.79. The second-order valence-corrected chi connectivity index (χ2v) is 9.64. The van der Waals surface area contributed by atoms with Gasteiger partial charge >= 0.3 is 0 Å². The number of piperazine rings is 1. The molecule has 3 aliphatic heterocycles. The van der Waals surface area contributed by atoms with E-state index in [1.54, 1.807) is 16.9 Å². The molecule has 0 spiro atoms. The highest BCUT2D eigenvalue weighted by molar-refractivity contribution is 5.97. The number of methoxy groups -OCH3 is 1. The van der Waals surface area contributed by atoms with E-state index < -0.39 is 12.1 Å². The molecular formula is C29H25N3O5. The number of nitrogens with one attached hydrogen (secondary N) is 1. The molecule has 3 aromatic carbocycles. The second-order valence-electron chi connectivity index (χ2n) is 9.64. The van der Waals surface area contributed by atoms with Crippen LogP contribution in [0.2, 0.25) is 0 Å². The molecule has 4 aromatic rings. The molecule has 37 heavy (non-hydrogen) atoms. The van der Waals surface area contributed by atoms with Crippen molar-refractivity contribution < 1.29 is 23.8 Å². The highest BCUT2D eigenvalue weighted by Gasteiger charge is 2.48. The lowest BCUT2D eigenvalue weighted by Gasteiger charge is -2.47. The molecule has 1 fully saturated rings. The van der Waals surface area contributed by atoms with E-state index in [2.05, 4.69) is 11.1 Å². The van der Waals surface area contributed by atoms with Gasteiger partial charge in [0.15, 0.2) is 11.5 Å². The van der Waals surface area contributed by atoms with Crippen LogP contribution >= 0.6 is 0 Å². The Bertz CT molecular complexity index is 1560. The van der Waals surface area contributed by atoms with Crippen molar-refractivity contribution in [2.45, 2.75) is 25.0 Å². The smallest absolute Gasteiger partial charge is 0.246 e. The number of ether oxygens (including phenoxy) is 3. The molecule has 1 unspecified atom stereocenters. The number of rotatable bonds is 4. The Hall–Kier alpha value is -4.46. The highest BCUT2D eigenvalue weighted by Crippen LogP contribution is 2.43. The monoisotopic (exact) mass is 495 g/mol. The molecule has 1 aromatic heterocycles. The van der Waals surface area contributed by atoms with Crippen molar-refractivity contribution in [3.8, 4) is 17.2 Å². The van der Waals surface area contributed by atoms with Crippen LogP contribution in [0.5, 0.6) is 17.2 Å². The van der Waals surface area contributed by atoms with Crippen molar-refractivity contribution in [1.29, 1.82) is 0 Å². The average Bonchev–Trinajstić information content (AvgIpc) is 3.54. The molecule has 0 saturated carbocycles. The summed E-state index contributed by atoms with van der Waals surface area (Å²) >= 11 is 0. The van der Waals surface area contributed by atoms with E-state index in [1.807, 2.05) is 60.7 Å². The van der Waals surface area contributed by atoms with Crippen molar-refractivity contribution in [1.82, 2.24) is 14.8 Å². The Morgan fingerprint density at radius 2 is 1.86 bits per heavy atom. The summed E-state index contributed by atoms with van der Waals surface area (Å²) in [5.41, 5.74) is 4.83. The van der Waals surface area contributed by atoms with Crippen molar-refractivity contribution in [3.05, 3.63) is 89.1 Å². The molecule has 2 amide bonds. The summed E-state index contributed by atoms with van der Waals surface area (Å²) in [5, 5.41) is 1.08. The van der Waals surface area contributed by atoms with Gasteiger partial charge in [0.1, 0.15) is 18.3 Å². The largest absolute Gasteiger partial charge is 0.497 e. The number of H-pyrrole nitrogens is 1. The topological polar surface area (TPSA) is 84.1 Å². The summed E-state index contributed by atoms with van der Waals surface area (Å²) in [4.78, 5) is 34.7. The first-order chi connectivity index (χ1) is 18.1. The number of aromatic amines is 1. The van der Waals surface area contributed by atoms with E-state index in [0.29, 0.717) is 30.2 Å². The van der Waals surface area contributed by atoms with Crippen molar-refractivity contribution in [3.63, 3.8) is 0 Å². The van der Waals surface area contributed by atoms with Crippen LogP contribution in [0.15, 0.2) is 66.7 Å². The molecule has 1 N–H and O–H groups in total. The van der Waals surface area contributed by atoms with Crippen LogP contribution in [0.4, 0.5) is 0 Å². The number of fused-ring (bicyclic) bond motifs is 5. The number of carbonyl (C=O) groups is 2. The normalized spacial score (nSPS) is 20.2. The second kappa shape index (κ2) is 8.30. The van der Waals surface area contributed by atoms with E-state index in [-0.39, 0.29) is 25.2 Å². The molecule has 186 valence electrons. The Balaban J connectivity index is 1.30. The van der Waals surface area contributed by atoms with Crippen molar-refractivity contribution in [2.75, 3.05) is 20.4 Å². The molecule has 4 heterocycles. The molecular weight excluding hydrogens is 470 g/mol. The van der Waals surface area contributed by atoms with Gasteiger partial charge in [-0.05, 0) is 47.0 Å². The zero-order valence-corrected chi connectivity index (χ0v) is 20.3. The molecule has 0 bridgehead atoms. The Kier molecular flexibility index (Phi) is 4.89. The first kappa shape index (κ1) is 21.8. The summed E-state index contributed by atoms with van der Waals surface area (Å²) in [5.74, 6) is 1.92. The van der Waals surface area contributed by atoms with E-state index in [9.17, 15) is 9.59 Å². The van der Waals surface area contributed by atoms with Crippen molar-refractivity contribution in [2.24, 2.45) is 0 Å². The molecule has 2 atom stereocenters. The molecule has 8 nitrogen and oxygen atoms in total. The fraction of sp³-hybridized carbons (Fsp3) is 0.241. The maximum Gasteiger partial charge on any atom is 0.246 e. The van der Waals surface area contributed by atoms with Gasteiger partial charge in [-0.25, -0.2) is 0 Å². The van der Waals surface area contributed by atoms with E-state index in [0.717, 1.165) is 33.3 Å². The number of hydrogen-bond acceptors (Lipinski definition) is 5. The van der Waals surface area contributed by atoms with Gasteiger partial charge < -0.3 is 29.0 Å². The van der Waals surface area contributed by atoms with Gasteiger partial charge in [-0.2, -0.15) is 0 Å². The number of para-hydroxylation sites is 1. The minimum absolute atomic E-state index is 0.0137. The molecule has 7 rings (SSSR count). The Morgan fingerprint density at radius 1 is 1.00 bits per heavy atom. The first-order valence-corrected chi connectivity index (χ1v) is 12.3. The number of nitrogens with zero attached hydrogens (tertiary/aromatic N) is 2. The van der Waals surface area contributed by atoms with Crippen LogP contribution in [0, 0.1) is 0 Å². The molecule has 0 aliphatic carbocycles. The maximum atomic E-state index is 14.0. The number of benzene rings is 3. The molecule has 0 radical (unpaired) electrons. The summed E-state index contributed by atoms with van der Waals surface area (Å²) in [6.45, 7) is 0.533. The van der Waals surface area contributed by atoms with Gasteiger partial charge in [0, 0.05) is 29.6 Å². The standard InChI is InChI=1S/C29H25N3O5/c1-35-19-6-4-5-18(12-19)28-27-21(20-7-2-3-8-22(20)30-27)13-23-29(34)31(15-26(33)32(23)28)14-17-9-10-24-25(11-17)37-16-36-24/h2-12,23,28,30H,13-16H2,1H3/t23-,28?/m1/s1. The van der Waals surface area contributed by atoms with Crippen LogP contribution in [-0.2, 0) is 22.6 Å². The van der Waals surface area contributed by atoms with Crippen molar-refractivity contribution >= 4 is 22.7 Å². The maximum absolute atomic E-state index is 14.0. The van der Waals surface area contributed by atoms with Crippen LogP contribution in [0.3, 0.4) is 0 Å². The van der Waals surface area contributed by atoms with E-state index >= 15 is 0 Å². The number of carbonyl (C=O) groups excluding carboxylic acids is 2.